The van der Waals surface area contributed by atoms with Gasteiger partial charge >= 0.3 is 5.97 Å². The van der Waals surface area contributed by atoms with Crippen LogP contribution in [0.25, 0.3) is 0 Å². The average Bonchev–Trinajstić information content (AvgIpc) is 1.84. The number of carbonyl (C=O) groups is 1. The maximum absolute atomic E-state index is 10.4. The van der Waals surface area contributed by atoms with Crippen molar-refractivity contribution in [3.05, 3.63) is 11.6 Å². The third-order valence-corrected chi connectivity index (χ3v) is 1.00. The highest BCUT2D eigenvalue weighted by atomic mass is 32.1. The van der Waals surface area contributed by atoms with Crippen LogP contribution in [0.15, 0.2) is 11.6 Å². The van der Waals surface area contributed by atoms with Gasteiger partial charge in [-0.3, -0.25) is 0 Å². The minimum absolute atomic E-state index is 0.393. The van der Waals surface area contributed by atoms with Crippen molar-refractivity contribution < 1.29 is 8.98 Å². The summed E-state index contributed by atoms with van der Waals surface area (Å²) in [6.07, 6.45) is 1.67. The number of carbonyl (C=O) groups excluding carboxylic acids is 1. The van der Waals surface area contributed by atoms with E-state index >= 15 is 0 Å². The Labute approximate surface area is 54.1 Å². The predicted octanol–water partition coefficient (Wildman–Crippen LogP) is 1.34. The Morgan fingerprint density at radius 2 is 2.25 bits per heavy atom. The lowest BCUT2D eigenvalue weighted by Crippen LogP contribution is -1.96. The van der Waals surface area contributed by atoms with Crippen molar-refractivity contribution in [1.29, 1.82) is 0 Å². The van der Waals surface area contributed by atoms with E-state index in [-0.39, 0.29) is 0 Å². The number of rotatable bonds is 1. The van der Waals surface area contributed by atoms with E-state index in [0.29, 0.717) is 5.57 Å². The van der Waals surface area contributed by atoms with Gasteiger partial charge in [-0.2, -0.15) is 0 Å². The molecule has 0 saturated carbocycles. The summed E-state index contributed by atoms with van der Waals surface area (Å²) in [6.45, 7) is 3.43. The van der Waals surface area contributed by atoms with Gasteiger partial charge in [0.2, 0.25) is 0 Å². The molecule has 8 heavy (non-hydrogen) atoms. The third kappa shape index (κ3) is 2.02. The normalized spacial score (nSPS) is 11.1. The average molecular weight is 132 g/mol. The summed E-state index contributed by atoms with van der Waals surface area (Å²) in [5.41, 5.74) is 0.569. The Balaban J connectivity index is 3.83. The smallest absolute Gasteiger partial charge is 0.345 e. The molecule has 0 spiro atoms. The van der Waals surface area contributed by atoms with Crippen LogP contribution in [0.1, 0.15) is 13.8 Å². The van der Waals surface area contributed by atoms with E-state index < -0.39 is 5.97 Å². The molecule has 0 aliphatic heterocycles. The molecule has 3 heteroatoms. The highest BCUT2D eigenvalue weighted by molar-refractivity contribution is 7.75. The van der Waals surface area contributed by atoms with E-state index in [1.54, 1.807) is 19.9 Å². The van der Waals surface area contributed by atoms with E-state index in [9.17, 15) is 4.79 Å². The van der Waals surface area contributed by atoms with E-state index in [0.717, 1.165) is 0 Å². The quantitative estimate of drug-likeness (QED) is 0.331. The molecular weight excluding hydrogens is 124 g/mol. The van der Waals surface area contributed by atoms with Gasteiger partial charge in [0, 0.05) is 18.5 Å². The Morgan fingerprint density at radius 1 is 1.75 bits per heavy atom. The van der Waals surface area contributed by atoms with Gasteiger partial charge in [-0.1, -0.05) is 6.08 Å². The molecule has 0 rings (SSSR count). The van der Waals surface area contributed by atoms with Crippen LogP contribution in [0.2, 0.25) is 0 Å². The fourth-order valence-electron chi connectivity index (χ4n) is 0.190. The van der Waals surface area contributed by atoms with Gasteiger partial charge in [0.25, 0.3) is 0 Å². The molecular formula is C5H8O2S. The second-order valence-corrected chi connectivity index (χ2v) is 1.53. The summed E-state index contributed by atoms with van der Waals surface area (Å²) in [4.78, 5) is 10.4. The van der Waals surface area contributed by atoms with Crippen LogP contribution in [-0.2, 0) is 8.98 Å². The number of hydrogen-bond donors (Lipinski definition) is 1. The Kier molecular flexibility index (Phi) is 3.35. The van der Waals surface area contributed by atoms with E-state index in [1.807, 2.05) is 0 Å². The Bertz CT molecular complexity index is 118. The molecule has 0 N–H and O–H groups in total. The van der Waals surface area contributed by atoms with Crippen LogP contribution in [-0.4, -0.2) is 5.97 Å². The van der Waals surface area contributed by atoms with Crippen molar-refractivity contribution in [1.82, 2.24) is 0 Å². The summed E-state index contributed by atoms with van der Waals surface area (Å²) < 4.78 is 4.09. The summed E-state index contributed by atoms with van der Waals surface area (Å²) in [7, 11) is 0. The largest absolute Gasteiger partial charge is 0.391 e. The zero-order chi connectivity index (χ0) is 6.57. The molecule has 0 aromatic carbocycles. The molecule has 0 bridgehead atoms. The highest BCUT2D eigenvalue weighted by Gasteiger charge is 1.99. The second kappa shape index (κ2) is 3.55. The van der Waals surface area contributed by atoms with Crippen molar-refractivity contribution in [2.24, 2.45) is 0 Å². The molecule has 0 fully saturated rings. The fourth-order valence-corrected chi connectivity index (χ4v) is 0.334. The van der Waals surface area contributed by atoms with Gasteiger partial charge in [-0.15, -0.1) is 0 Å². The van der Waals surface area contributed by atoms with Gasteiger partial charge in [-0.25, -0.2) is 4.79 Å². The minimum atomic E-state index is -0.393. The maximum atomic E-state index is 10.4. The van der Waals surface area contributed by atoms with E-state index in [2.05, 4.69) is 17.1 Å². The molecule has 0 aliphatic carbocycles. The first-order chi connectivity index (χ1) is 3.72. The molecule has 2 nitrogen and oxygen atoms in total. The lowest BCUT2D eigenvalue weighted by atomic mass is 10.3. The number of allylic oxidation sites excluding steroid dienone is 1. The second-order valence-electron chi connectivity index (χ2n) is 1.35. The molecule has 46 valence electrons. The first-order valence-electron chi connectivity index (χ1n) is 2.21. The molecule has 0 aromatic rings. The van der Waals surface area contributed by atoms with Gasteiger partial charge in [0.05, 0.1) is 0 Å². The Morgan fingerprint density at radius 3 is 2.38 bits per heavy atom. The number of hydrogen-bond acceptors (Lipinski definition) is 3. The monoisotopic (exact) mass is 132 g/mol. The fraction of sp³-hybridized carbons (Fsp3) is 0.400. The van der Waals surface area contributed by atoms with Crippen LogP contribution >= 0.6 is 12.9 Å². The zero-order valence-corrected chi connectivity index (χ0v) is 5.74. The molecule has 0 atom stereocenters. The summed E-state index contributed by atoms with van der Waals surface area (Å²) in [6, 6.07) is 0. The van der Waals surface area contributed by atoms with Crippen LogP contribution in [0, 0.1) is 0 Å². The third-order valence-electron chi connectivity index (χ3n) is 0.838. The topological polar surface area (TPSA) is 26.3 Å². The van der Waals surface area contributed by atoms with Crippen LogP contribution < -0.4 is 0 Å². The van der Waals surface area contributed by atoms with Crippen molar-refractivity contribution >= 4 is 18.9 Å². The molecule has 0 amide bonds. The predicted molar refractivity (Wildman–Crippen MR) is 34.5 cm³/mol. The summed E-state index contributed by atoms with van der Waals surface area (Å²) >= 11 is 3.32. The highest BCUT2D eigenvalue weighted by Crippen LogP contribution is 1.95. The molecule has 0 aromatic heterocycles. The zero-order valence-electron chi connectivity index (χ0n) is 4.84. The molecule has 0 radical (unpaired) electrons. The summed E-state index contributed by atoms with van der Waals surface area (Å²) in [5.74, 6) is -0.393. The number of thiol groups is 1. The van der Waals surface area contributed by atoms with E-state index in [1.165, 1.54) is 0 Å². The molecule has 0 heterocycles. The minimum Gasteiger partial charge on any atom is -0.391 e. The van der Waals surface area contributed by atoms with Gasteiger partial charge < -0.3 is 4.18 Å². The van der Waals surface area contributed by atoms with Crippen LogP contribution in [0.5, 0.6) is 0 Å². The standard InChI is InChI=1S/C5H8O2S/c1-3-4(2)5(6)7-8/h3,8H,1-2H3/b4-3+. The van der Waals surface area contributed by atoms with Gasteiger partial charge in [0.1, 0.15) is 0 Å². The Hall–Kier alpha value is -0.440. The maximum Gasteiger partial charge on any atom is 0.345 e. The van der Waals surface area contributed by atoms with E-state index in [4.69, 9.17) is 0 Å². The SMILES string of the molecule is C/C=C(\C)C(=O)OS. The van der Waals surface area contributed by atoms with Gasteiger partial charge in [-0.05, 0) is 13.8 Å². The lowest BCUT2D eigenvalue weighted by Gasteiger charge is -1.91. The van der Waals surface area contributed by atoms with Crippen LogP contribution in [0.4, 0.5) is 0 Å². The van der Waals surface area contributed by atoms with Crippen molar-refractivity contribution in [2.75, 3.05) is 0 Å². The molecule has 0 aliphatic rings. The molecule has 0 saturated heterocycles. The first-order valence-corrected chi connectivity index (χ1v) is 2.57. The van der Waals surface area contributed by atoms with Gasteiger partial charge in [0.15, 0.2) is 0 Å². The van der Waals surface area contributed by atoms with Crippen LogP contribution in [0.3, 0.4) is 0 Å². The first kappa shape index (κ1) is 7.56. The molecule has 0 unspecified atom stereocenters. The van der Waals surface area contributed by atoms with Crippen molar-refractivity contribution in [3.8, 4) is 0 Å². The van der Waals surface area contributed by atoms with Crippen molar-refractivity contribution in [2.45, 2.75) is 13.8 Å². The lowest BCUT2D eigenvalue weighted by molar-refractivity contribution is -0.128. The summed E-state index contributed by atoms with van der Waals surface area (Å²) in [5, 5.41) is 0. The van der Waals surface area contributed by atoms with Crippen molar-refractivity contribution in [3.63, 3.8) is 0 Å².